The Morgan fingerprint density at radius 2 is 1.52 bits per heavy atom. The lowest BCUT2D eigenvalue weighted by Gasteiger charge is -2.25. The van der Waals surface area contributed by atoms with E-state index in [1.165, 1.54) is 0 Å². The highest BCUT2D eigenvalue weighted by atomic mass is 32.2. The molecule has 7 nitrogen and oxygen atoms in total. The zero-order chi connectivity index (χ0) is 23.9. The SMILES string of the molecule is CC(C)(C)OCc1cccc(CNC(=O)NCc2ccc(S(=O)(=O)N3CCCCC3)cc2)c1. The van der Waals surface area contributed by atoms with E-state index in [0.29, 0.717) is 37.7 Å². The molecule has 180 valence electrons. The van der Waals surface area contributed by atoms with E-state index in [1.54, 1.807) is 28.6 Å². The maximum absolute atomic E-state index is 12.7. The van der Waals surface area contributed by atoms with Crippen LogP contribution in [0.1, 0.15) is 56.7 Å². The van der Waals surface area contributed by atoms with Crippen molar-refractivity contribution in [2.75, 3.05) is 13.1 Å². The highest BCUT2D eigenvalue weighted by Crippen LogP contribution is 2.21. The third-order valence-electron chi connectivity index (χ3n) is 5.45. The molecule has 0 aliphatic carbocycles. The van der Waals surface area contributed by atoms with Crippen LogP contribution in [0.3, 0.4) is 0 Å². The van der Waals surface area contributed by atoms with E-state index in [-0.39, 0.29) is 11.6 Å². The Labute approximate surface area is 197 Å². The summed E-state index contributed by atoms with van der Waals surface area (Å²) in [4.78, 5) is 12.5. The molecule has 0 atom stereocenters. The Bertz CT molecular complexity index is 1020. The van der Waals surface area contributed by atoms with E-state index in [2.05, 4.69) is 10.6 Å². The predicted octanol–water partition coefficient (Wildman–Crippen LogP) is 4.18. The molecule has 0 bridgehead atoms. The number of rotatable bonds is 8. The maximum Gasteiger partial charge on any atom is 0.315 e. The molecule has 0 aromatic heterocycles. The van der Waals surface area contributed by atoms with Crippen LogP contribution in [0.15, 0.2) is 53.4 Å². The Morgan fingerprint density at radius 3 is 2.15 bits per heavy atom. The summed E-state index contributed by atoms with van der Waals surface area (Å²) in [6.45, 7) is 8.46. The molecule has 1 fully saturated rings. The third-order valence-corrected chi connectivity index (χ3v) is 7.36. The molecule has 1 aliphatic heterocycles. The molecular formula is C25H35N3O4S. The normalized spacial score (nSPS) is 15.2. The monoisotopic (exact) mass is 473 g/mol. The first-order chi connectivity index (χ1) is 15.6. The summed E-state index contributed by atoms with van der Waals surface area (Å²) in [5, 5.41) is 5.67. The van der Waals surface area contributed by atoms with Crippen molar-refractivity contribution in [3.8, 4) is 0 Å². The number of nitrogens with zero attached hydrogens (tertiary/aromatic N) is 1. The molecule has 2 N–H and O–H groups in total. The highest BCUT2D eigenvalue weighted by Gasteiger charge is 2.25. The van der Waals surface area contributed by atoms with E-state index in [0.717, 1.165) is 36.0 Å². The summed E-state index contributed by atoms with van der Waals surface area (Å²) in [6.07, 6.45) is 2.90. The molecule has 1 saturated heterocycles. The Kier molecular flexibility index (Phi) is 8.51. The third kappa shape index (κ3) is 7.84. The minimum Gasteiger partial charge on any atom is -0.371 e. The summed E-state index contributed by atoms with van der Waals surface area (Å²) in [7, 11) is -3.44. The molecule has 3 rings (SSSR count). The fourth-order valence-corrected chi connectivity index (χ4v) is 5.11. The molecule has 2 amide bonds. The van der Waals surface area contributed by atoms with Crippen molar-refractivity contribution < 1.29 is 17.9 Å². The number of urea groups is 1. The van der Waals surface area contributed by atoms with Gasteiger partial charge in [-0.1, -0.05) is 42.8 Å². The van der Waals surface area contributed by atoms with Crippen LogP contribution in [0.5, 0.6) is 0 Å². The predicted molar refractivity (Wildman–Crippen MR) is 129 cm³/mol. The lowest BCUT2D eigenvalue weighted by Crippen LogP contribution is -2.35. The van der Waals surface area contributed by atoms with E-state index >= 15 is 0 Å². The zero-order valence-electron chi connectivity index (χ0n) is 19.8. The number of hydrogen-bond donors (Lipinski definition) is 2. The first-order valence-electron chi connectivity index (χ1n) is 11.5. The van der Waals surface area contributed by atoms with Crippen LogP contribution in [-0.2, 0) is 34.5 Å². The topological polar surface area (TPSA) is 87.7 Å². The average Bonchev–Trinajstić information content (AvgIpc) is 2.81. The van der Waals surface area contributed by atoms with Gasteiger partial charge in [-0.05, 0) is 62.4 Å². The zero-order valence-corrected chi connectivity index (χ0v) is 20.6. The van der Waals surface area contributed by atoms with Crippen LogP contribution in [0.2, 0.25) is 0 Å². The molecule has 2 aromatic carbocycles. The number of nitrogens with one attached hydrogen (secondary N) is 2. The highest BCUT2D eigenvalue weighted by molar-refractivity contribution is 7.89. The fraction of sp³-hybridized carbons (Fsp3) is 0.480. The van der Waals surface area contributed by atoms with Crippen molar-refractivity contribution in [1.82, 2.24) is 14.9 Å². The van der Waals surface area contributed by atoms with Gasteiger partial charge >= 0.3 is 6.03 Å². The number of amides is 2. The number of sulfonamides is 1. The first-order valence-corrected chi connectivity index (χ1v) is 12.9. The van der Waals surface area contributed by atoms with Crippen LogP contribution in [0.25, 0.3) is 0 Å². The molecule has 0 radical (unpaired) electrons. The fourth-order valence-electron chi connectivity index (χ4n) is 3.59. The smallest absolute Gasteiger partial charge is 0.315 e. The maximum atomic E-state index is 12.7. The van der Waals surface area contributed by atoms with Crippen LogP contribution in [0.4, 0.5) is 4.79 Å². The van der Waals surface area contributed by atoms with E-state index in [1.807, 2.05) is 45.0 Å². The van der Waals surface area contributed by atoms with E-state index in [4.69, 9.17) is 4.74 Å². The van der Waals surface area contributed by atoms with Gasteiger partial charge in [0.05, 0.1) is 17.1 Å². The Hall–Kier alpha value is -2.42. The van der Waals surface area contributed by atoms with Crippen molar-refractivity contribution in [2.45, 2.75) is 70.2 Å². The second kappa shape index (κ2) is 11.1. The molecular weight excluding hydrogens is 438 g/mol. The number of piperidine rings is 1. The molecule has 1 aliphatic rings. The molecule has 8 heteroatoms. The molecule has 33 heavy (non-hydrogen) atoms. The second-order valence-corrected chi connectivity index (χ2v) is 11.3. The van der Waals surface area contributed by atoms with Crippen molar-refractivity contribution >= 4 is 16.1 Å². The summed E-state index contributed by atoms with van der Waals surface area (Å²) < 4.78 is 32.8. The van der Waals surface area contributed by atoms with Crippen LogP contribution in [0, 0.1) is 0 Å². The minimum atomic E-state index is -3.44. The summed E-state index contributed by atoms with van der Waals surface area (Å²) in [6, 6.07) is 14.4. The minimum absolute atomic E-state index is 0.204. The molecule has 2 aromatic rings. The Morgan fingerprint density at radius 1 is 0.909 bits per heavy atom. The lowest BCUT2D eigenvalue weighted by molar-refractivity contribution is -0.0149. The van der Waals surface area contributed by atoms with Gasteiger partial charge < -0.3 is 15.4 Å². The largest absolute Gasteiger partial charge is 0.371 e. The van der Waals surface area contributed by atoms with Crippen LogP contribution >= 0.6 is 0 Å². The average molecular weight is 474 g/mol. The van der Waals surface area contributed by atoms with Gasteiger partial charge in [0.15, 0.2) is 0 Å². The first kappa shape index (κ1) is 25.2. The van der Waals surface area contributed by atoms with Crippen molar-refractivity contribution in [3.63, 3.8) is 0 Å². The van der Waals surface area contributed by atoms with E-state index < -0.39 is 10.0 Å². The molecule has 0 unspecified atom stereocenters. The number of carbonyl (C=O) groups is 1. The Balaban J connectivity index is 1.46. The molecule has 0 saturated carbocycles. The van der Waals surface area contributed by atoms with Crippen molar-refractivity contribution in [3.05, 3.63) is 65.2 Å². The number of benzene rings is 2. The van der Waals surface area contributed by atoms with Gasteiger partial charge in [-0.2, -0.15) is 4.31 Å². The van der Waals surface area contributed by atoms with Gasteiger partial charge in [0.25, 0.3) is 0 Å². The number of ether oxygens (including phenoxy) is 1. The van der Waals surface area contributed by atoms with Gasteiger partial charge in [-0.3, -0.25) is 0 Å². The number of hydrogen-bond acceptors (Lipinski definition) is 4. The standard InChI is InChI=1S/C25H35N3O4S/c1-25(2,3)32-19-22-9-7-8-21(16-22)18-27-24(29)26-17-20-10-12-23(13-11-20)33(30,31)28-14-5-4-6-15-28/h7-13,16H,4-6,14-15,17-19H2,1-3H3,(H2,26,27,29). The quantitative estimate of drug-likeness (QED) is 0.602. The van der Waals surface area contributed by atoms with Gasteiger partial charge in [-0.25, -0.2) is 13.2 Å². The summed E-state index contributed by atoms with van der Waals surface area (Å²) in [5.41, 5.74) is 2.69. The van der Waals surface area contributed by atoms with Crippen LogP contribution < -0.4 is 10.6 Å². The van der Waals surface area contributed by atoms with Gasteiger partial charge in [0.2, 0.25) is 10.0 Å². The summed E-state index contributed by atoms with van der Waals surface area (Å²) in [5.74, 6) is 0. The van der Waals surface area contributed by atoms with Crippen LogP contribution in [-0.4, -0.2) is 37.4 Å². The second-order valence-electron chi connectivity index (χ2n) is 9.37. The van der Waals surface area contributed by atoms with Gasteiger partial charge in [0.1, 0.15) is 0 Å². The molecule has 0 spiro atoms. The molecule has 1 heterocycles. The van der Waals surface area contributed by atoms with Gasteiger partial charge in [-0.15, -0.1) is 0 Å². The van der Waals surface area contributed by atoms with Crippen molar-refractivity contribution in [1.29, 1.82) is 0 Å². The van der Waals surface area contributed by atoms with E-state index in [9.17, 15) is 13.2 Å². The number of carbonyl (C=O) groups excluding carboxylic acids is 1. The summed E-state index contributed by atoms with van der Waals surface area (Å²) >= 11 is 0. The van der Waals surface area contributed by atoms with Crippen molar-refractivity contribution in [2.24, 2.45) is 0 Å². The lowest BCUT2D eigenvalue weighted by atomic mass is 10.1. The van der Waals surface area contributed by atoms with Gasteiger partial charge in [0, 0.05) is 26.2 Å².